The lowest BCUT2D eigenvalue weighted by atomic mass is 10.0. The Morgan fingerprint density at radius 1 is 0.420 bits per heavy atom. The molecule has 11 rings (SSSR count). The Balaban J connectivity index is 1.30. The van der Waals surface area contributed by atoms with Crippen LogP contribution in [0.2, 0.25) is 0 Å². The van der Waals surface area contributed by atoms with Crippen molar-refractivity contribution in [2.45, 2.75) is 0 Å². The van der Waals surface area contributed by atoms with Gasteiger partial charge in [0.15, 0.2) is 0 Å². The average Bonchev–Trinajstić information content (AvgIpc) is 3.86. The van der Waals surface area contributed by atoms with E-state index in [4.69, 9.17) is 4.42 Å². The molecule has 0 aliphatic heterocycles. The van der Waals surface area contributed by atoms with Crippen LogP contribution in [0, 0.1) is 0 Å². The van der Waals surface area contributed by atoms with Crippen LogP contribution in [-0.4, -0.2) is 4.57 Å². The molecule has 0 radical (unpaired) electrons. The van der Waals surface area contributed by atoms with Gasteiger partial charge in [0.2, 0.25) is 0 Å². The highest BCUT2D eigenvalue weighted by Crippen LogP contribution is 2.50. The summed E-state index contributed by atoms with van der Waals surface area (Å²) in [5.74, 6) is 0. The molecule has 0 saturated heterocycles. The van der Waals surface area contributed by atoms with Gasteiger partial charge >= 0.3 is 0 Å². The maximum absolute atomic E-state index is 6.76. The zero-order chi connectivity index (χ0) is 32.8. The van der Waals surface area contributed by atoms with Crippen molar-refractivity contribution in [1.82, 2.24) is 4.57 Å². The molecule has 8 aromatic carbocycles. The second-order valence-corrected chi connectivity index (χ2v) is 13.9. The van der Waals surface area contributed by atoms with Crippen molar-refractivity contribution in [3.05, 3.63) is 170 Å². The normalized spacial score (nSPS) is 12.0. The lowest BCUT2D eigenvalue weighted by molar-refractivity contribution is 0.672. The second-order valence-electron chi connectivity index (χ2n) is 12.9. The minimum atomic E-state index is 0.871. The molecule has 0 atom stereocenters. The summed E-state index contributed by atoms with van der Waals surface area (Å²) in [7, 11) is 0. The molecule has 3 heterocycles. The van der Waals surface area contributed by atoms with E-state index in [0.717, 1.165) is 50.1 Å². The Morgan fingerprint density at radius 3 is 1.84 bits per heavy atom. The van der Waals surface area contributed by atoms with Crippen LogP contribution in [0.25, 0.3) is 80.4 Å². The fourth-order valence-electron chi connectivity index (χ4n) is 8.08. The molecule has 3 aromatic heterocycles. The molecule has 0 aliphatic rings. The molecule has 11 aromatic rings. The highest BCUT2D eigenvalue weighted by Gasteiger charge is 2.26. The predicted octanol–water partition coefficient (Wildman–Crippen LogP) is 13.7. The van der Waals surface area contributed by atoms with Gasteiger partial charge in [0.25, 0.3) is 0 Å². The molecule has 0 spiro atoms. The molecule has 0 unspecified atom stereocenters. The second kappa shape index (κ2) is 10.6. The van der Waals surface area contributed by atoms with Crippen LogP contribution in [0.15, 0.2) is 174 Å². The number of furan rings is 1. The number of anilines is 3. The minimum Gasteiger partial charge on any atom is -0.455 e. The Hall–Kier alpha value is -6.36. The van der Waals surface area contributed by atoms with Gasteiger partial charge in [-0.2, -0.15) is 0 Å². The highest BCUT2D eigenvalue weighted by atomic mass is 32.1. The third-order valence-corrected chi connectivity index (χ3v) is 11.3. The highest BCUT2D eigenvalue weighted by molar-refractivity contribution is 7.26. The van der Waals surface area contributed by atoms with Crippen LogP contribution in [-0.2, 0) is 0 Å². The van der Waals surface area contributed by atoms with E-state index in [2.05, 4.69) is 179 Å². The van der Waals surface area contributed by atoms with Gasteiger partial charge < -0.3 is 13.9 Å². The van der Waals surface area contributed by atoms with Crippen molar-refractivity contribution < 1.29 is 4.42 Å². The lowest BCUT2D eigenvalue weighted by Gasteiger charge is -2.29. The van der Waals surface area contributed by atoms with E-state index in [1.807, 2.05) is 11.3 Å². The first-order valence-corrected chi connectivity index (χ1v) is 17.8. The maximum atomic E-state index is 6.76. The van der Waals surface area contributed by atoms with Crippen molar-refractivity contribution in [2.24, 2.45) is 0 Å². The molecule has 50 heavy (non-hydrogen) atoms. The Kier molecular flexibility index (Phi) is 5.83. The summed E-state index contributed by atoms with van der Waals surface area (Å²) in [4.78, 5) is 2.48. The zero-order valence-electron chi connectivity index (χ0n) is 26.9. The van der Waals surface area contributed by atoms with Gasteiger partial charge in [-0.1, -0.05) is 109 Å². The largest absolute Gasteiger partial charge is 0.455 e. The Morgan fingerprint density at radius 2 is 1.02 bits per heavy atom. The van der Waals surface area contributed by atoms with E-state index in [9.17, 15) is 0 Å². The Bertz CT molecular complexity index is 3070. The number of hydrogen-bond donors (Lipinski definition) is 0. The maximum Gasteiger partial charge on any atom is 0.143 e. The molecule has 0 bridgehead atoms. The van der Waals surface area contributed by atoms with Crippen molar-refractivity contribution in [2.75, 3.05) is 4.90 Å². The summed E-state index contributed by atoms with van der Waals surface area (Å²) in [6.45, 7) is 0. The molecule has 0 amide bonds. The topological polar surface area (TPSA) is 21.3 Å². The van der Waals surface area contributed by atoms with Gasteiger partial charge in [0.1, 0.15) is 11.2 Å². The summed E-state index contributed by atoms with van der Waals surface area (Å²) in [5, 5.41) is 9.49. The summed E-state index contributed by atoms with van der Waals surface area (Å²) in [5.41, 5.74) is 8.55. The fraction of sp³-hybridized carbons (Fsp3) is 0. The number of fused-ring (bicyclic) bond motifs is 11. The van der Waals surface area contributed by atoms with Crippen molar-refractivity contribution >= 4 is 103 Å². The summed E-state index contributed by atoms with van der Waals surface area (Å²) in [6, 6.07) is 61.2. The third-order valence-electron chi connectivity index (χ3n) is 10.2. The summed E-state index contributed by atoms with van der Waals surface area (Å²) in [6.07, 6.45) is 0. The molecule has 0 saturated carbocycles. The Labute approximate surface area is 291 Å². The van der Waals surface area contributed by atoms with Gasteiger partial charge in [0.05, 0.1) is 39.2 Å². The average molecular weight is 657 g/mol. The SMILES string of the molecule is c1ccc(-n2c3ccccc3c3ccccc32)c(N(c2cccc3oc4c5ccccc5ccc4c23)c2cccc3sc4ccccc4c23)c1. The van der Waals surface area contributed by atoms with Gasteiger partial charge in [-0.3, -0.25) is 0 Å². The van der Waals surface area contributed by atoms with E-state index in [-0.39, 0.29) is 0 Å². The van der Waals surface area contributed by atoms with E-state index < -0.39 is 0 Å². The fourth-order valence-corrected chi connectivity index (χ4v) is 9.20. The van der Waals surface area contributed by atoms with Gasteiger partial charge in [-0.15, -0.1) is 11.3 Å². The lowest BCUT2D eigenvalue weighted by Crippen LogP contribution is -2.13. The molecule has 3 nitrogen and oxygen atoms in total. The molecule has 4 heteroatoms. The molecule has 0 N–H and O–H groups in total. The van der Waals surface area contributed by atoms with E-state index >= 15 is 0 Å². The van der Waals surface area contributed by atoms with E-state index in [0.29, 0.717) is 0 Å². The van der Waals surface area contributed by atoms with Crippen LogP contribution in [0.1, 0.15) is 0 Å². The van der Waals surface area contributed by atoms with Crippen LogP contribution in [0.4, 0.5) is 17.1 Å². The van der Waals surface area contributed by atoms with Crippen molar-refractivity contribution in [3.63, 3.8) is 0 Å². The molecular weight excluding hydrogens is 629 g/mol. The first kappa shape index (κ1) is 27.6. The summed E-state index contributed by atoms with van der Waals surface area (Å²) < 4.78 is 11.7. The molecule has 234 valence electrons. The van der Waals surface area contributed by atoms with Crippen molar-refractivity contribution in [3.8, 4) is 5.69 Å². The quantitative estimate of drug-likeness (QED) is 0.188. The number of para-hydroxylation sites is 4. The van der Waals surface area contributed by atoms with E-state index in [1.54, 1.807) is 0 Å². The van der Waals surface area contributed by atoms with Gasteiger partial charge in [-0.25, -0.2) is 0 Å². The standard InChI is InChI=1S/C46H28N2OS/c1-2-14-30-29(13-1)27-28-34-44-39(22-11-24-41(44)49-46(30)34)48(40-23-12-26-43-45(40)33-17-5-10-25-42(33)50-43)38-21-9-8-20-37(38)47-35-18-6-3-15-31(35)32-16-4-7-19-36(32)47/h1-28H. The monoisotopic (exact) mass is 656 g/mol. The van der Waals surface area contributed by atoms with Crippen LogP contribution in [0.3, 0.4) is 0 Å². The number of rotatable bonds is 4. The zero-order valence-corrected chi connectivity index (χ0v) is 27.7. The first-order chi connectivity index (χ1) is 24.8. The van der Waals surface area contributed by atoms with Gasteiger partial charge in [-0.05, 0) is 66.0 Å². The first-order valence-electron chi connectivity index (χ1n) is 16.9. The molecule has 0 aliphatic carbocycles. The number of hydrogen-bond acceptors (Lipinski definition) is 3. The molecular formula is C46H28N2OS. The van der Waals surface area contributed by atoms with Gasteiger partial charge in [0, 0.05) is 41.7 Å². The third kappa shape index (κ3) is 3.85. The number of aromatic nitrogens is 1. The predicted molar refractivity (Wildman–Crippen MR) is 213 cm³/mol. The minimum absolute atomic E-state index is 0.871. The number of thiophene rings is 1. The smallest absolute Gasteiger partial charge is 0.143 e. The number of nitrogens with zero attached hydrogens (tertiary/aromatic N) is 2. The summed E-state index contributed by atoms with van der Waals surface area (Å²) >= 11 is 1.85. The van der Waals surface area contributed by atoms with Crippen molar-refractivity contribution in [1.29, 1.82) is 0 Å². The molecule has 0 fully saturated rings. The van der Waals surface area contributed by atoms with Crippen LogP contribution in [0.5, 0.6) is 0 Å². The number of benzene rings is 8. The van der Waals surface area contributed by atoms with Crippen LogP contribution < -0.4 is 4.90 Å². The van der Waals surface area contributed by atoms with Crippen LogP contribution >= 0.6 is 11.3 Å². The van der Waals surface area contributed by atoms with E-state index in [1.165, 1.54) is 47.4 Å².